The fourth-order valence-corrected chi connectivity index (χ4v) is 3.21. The Balaban J connectivity index is 1.66. The number of aryl methyl sites for hydroxylation is 1. The molecular formula is C18H21NO3. The van der Waals surface area contributed by atoms with E-state index in [1.54, 1.807) is 6.07 Å². The Labute approximate surface area is 130 Å². The van der Waals surface area contributed by atoms with Crippen molar-refractivity contribution in [2.75, 3.05) is 13.1 Å². The van der Waals surface area contributed by atoms with E-state index in [4.69, 9.17) is 4.42 Å². The molecule has 4 nitrogen and oxygen atoms in total. The number of carbonyl (C=O) groups excluding carboxylic acids is 1. The number of piperidine rings is 1. The lowest BCUT2D eigenvalue weighted by molar-refractivity contribution is 0.0711. The van der Waals surface area contributed by atoms with Crippen molar-refractivity contribution in [1.82, 2.24) is 4.90 Å². The molecule has 0 saturated carbocycles. The minimum absolute atomic E-state index is 0.0470. The normalized spacial score (nSPS) is 16.0. The fraction of sp³-hybridized carbons (Fsp3) is 0.389. The molecule has 3 rings (SSSR count). The van der Waals surface area contributed by atoms with Crippen LogP contribution in [-0.4, -0.2) is 29.0 Å². The molecule has 1 aliphatic heterocycles. The first-order valence-corrected chi connectivity index (χ1v) is 7.72. The third-order valence-electron chi connectivity index (χ3n) is 4.42. The maximum atomic E-state index is 12.4. The van der Waals surface area contributed by atoms with E-state index < -0.39 is 0 Å². The summed E-state index contributed by atoms with van der Waals surface area (Å²) in [6.45, 7) is 3.40. The maximum Gasteiger partial charge on any atom is 0.257 e. The standard InChI is InChI=1S/C18H21NO3/c1-13-10-16(12-22-13)18(21)19-8-6-14(7-9-19)17-5-3-2-4-15(17)11-20/h2-5,10,12,14,20H,6-9,11H2,1H3. The zero-order valence-corrected chi connectivity index (χ0v) is 12.8. The minimum atomic E-state index is 0.0470. The first kappa shape index (κ1) is 14.9. The van der Waals surface area contributed by atoms with Crippen LogP contribution in [0.25, 0.3) is 0 Å². The van der Waals surface area contributed by atoms with Crippen molar-refractivity contribution < 1.29 is 14.3 Å². The van der Waals surface area contributed by atoms with E-state index in [0.717, 1.165) is 37.3 Å². The molecule has 0 unspecified atom stereocenters. The molecule has 4 heteroatoms. The Morgan fingerprint density at radius 3 is 2.68 bits per heavy atom. The summed E-state index contributed by atoms with van der Waals surface area (Å²) in [6.07, 6.45) is 3.39. The van der Waals surface area contributed by atoms with Gasteiger partial charge in [0.1, 0.15) is 12.0 Å². The highest BCUT2D eigenvalue weighted by Gasteiger charge is 2.26. The lowest BCUT2D eigenvalue weighted by atomic mass is 9.86. The van der Waals surface area contributed by atoms with Crippen molar-refractivity contribution >= 4 is 5.91 Å². The van der Waals surface area contributed by atoms with E-state index >= 15 is 0 Å². The SMILES string of the molecule is Cc1cc(C(=O)N2CCC(c3ccccc3CO)CC2)co1. The predicted octanol–water partition coefficient (Wildman–Crippen LogP) is 3.10. The summed E-state index contributed by atoms with van der Waals surface area (Å²) in [5, 5.41) is 9.47. The largest absolute Gasteiger partial charge is 0.469 e. The summed E-state index contributed by atoms with van der Waals surface area (Å²) in [5.74, 6) is 1.22. The summed E-state index contributed by atoms with van der Waals surface area (Å²) < 4.78 is 5.22. The fourth-order valence-electron chi connectivity index (χ4n) is 3.21. The number of hydrogen-bond donors (Lipinski definition) is 1. The number of benzene rings is 1. The molecular weight excluding hydrogens is 278 g/mol. The Hall–Kier alpha value is -2.07. The van der Waals surface area contributed by atoms with Crippen molar-refractivity contribution in [3.05, 3.63) is 59.0 Å². The molecule has 1 aromatic carbocycles. The first-order chi connectivity index (χ1) is 10.7. The highest BCUT2D eigenvalue weighted by Crippen LogP contribution is 2.31. The number of furan rings is 1. The van der Waals surface area contributed by atoms with Gasteiger partial charge in [-0.1, -0.05) is 24.3 Å². The second-order valence-electron chi connectivity index (χ2n) is 5.87. The van der Waals surface area contributed by atoms with E-state index in [1.807, 2.05) is 30.0 Å². The zero-order chi connectivity index (χ0) is 15.5. The van der Waals surface area contributed by atoms with Gasteiger partial charge in [0.25, 0.3) is 5.91 Å². The number of nitrogens with zero attached hydrogens (tertiary/aromatic N) is 1. The van der Waals surface area contributed by atoms with E-state index in [1.165, 1.54) is 11.8 Å². The highest BCUT2D eigenvalue weighted by atomic mass is 16.3. The van der Waals surface area contributed by atoms with Crippen LogP contribution in [0.3, 0.4) is 0 Å². The molecule has 1 saturated heterocycles. The van der Waals surface area contributed by atoms with Gasteiger partial charge in [0.2, 0.25) is 0 Å². The van der Waals surface area contributed by atoms with Crippen LogP contribution in [-0.2, 0) is 6.61 Å². The van der Waals surface area contributed by atoms with Crippen molar-refractivity contribution in [3.63, 3.8) is 0 Å². The lowest BCUT2D eigenvalue weighted by Gasteiger charge is -2.32. The molecule has 2 heterocycles. The van der Waals surface area contributed by atoms with Crippen LogP contribution in [0.5, 0.6) is 0 Å². The third-order valence-corrected chi connectivity index (χ3v) is 4.42. The van der Waals surface area contributed by atoms with Crippen LogP contribution < -0.4 is 0 Å². The van der Waals surface area contributed by atoms with E-state index in [9.17, 15) is 9.90 Å². The monoisotopic (exact) mass is 299 g/mol. The molecule has 0 aliphatic carbocycles. The Bertz CT molecular complexity index is 654. The van der Waals surface area contributed by atoms with E-state index in [0.29, 0.717) is 11.5 Å². The summed E-state index contributed by atoms with van der Waals surface area (Å²) in [6, 6.07) is 9.82. The number of aliphatic hydroxyl groups excluding tert-OH is 1. The predicted molar refractivity (Wildman–Crippen MR) is 83.7 cm³/mol. The quantitative estimate of drug-likeness (QED) is 0.947. The molecule has 1 amide bonds. The van der Waals surface area contributed by atoms with Crippen LogP contribution >= 0.6 is 0 Å². The topological polar surface area (TPSA) is 53.7 Å². The zero-order valence-electron chi connectivity index (χ0n) is 12.8. The second kappa shape index (κ2) is 6.36. The molecule has 1 aromatic heterocycles. The molecule has 0 radical (unpaired) electrons. The van der Waals surface area contributed by atoms with Gasteiger partial charge in [-0.15, -0.1) is 0 Å². The van der Waals surface area contributed by atoms with Gasteiger partial charge in [0.05, 0.1) is 12.2 Å². The summed E-state index contributed by atoms with van der Waals surface area (Å²) in [7, 11) is 0. The number of rotatable bonds is 3. The molecule has 116 valence electrons. The second-order valence-corrected chi connectivity index (χ2v) is 5.87. The molecule has 1 aliphatic rings. The smallest absolute Gasteiger partial charge is 0.257 e. The Morgan fingerprint density at radius 1 is 1.32 bits per heavy atom. The molecule has 0 bridgehead atoms. The maximum absolute atomic E-state index is 12.4. The van der Waals surface area contributed by atoms with Crippen molar-refractivity contribution in [1.29, 1.82) is 0 Å². The van der Waals surface area contributed by atoms with Crippen LogP contribution in [0.4, 0.5) is 0 Å². The van der Waals surface area contributed by atoms with Crippen molar-refractivity contribution in [2.24, 2.45) is 0 Å². The van der Waals surface area contributed by atoms with Crippen LogP contribution in [0.15, 0.2) is 41.0 Å². The van der Waals surface area contributed by atoms with Crippen molar-refractivity contribution in [2.45, 2.75) is 32.3 Å². The van der Waals surface area contributed by atoms with E-state index in [2.05, 4.69) is 6.07 Å². The molecule has 1 N–H and O–H groups in total. The summed E-state index contributed by atoms with van der Waals surface area (Å²) in [5.41, 5.74) is 2.85. The number of likely N-dealkylation sites (tertiary alicyclic amines) is 1. The third kappa shape index (κ3) is 2.92. The van der Waals surface area contributed by atoms with Gasteiger partial charge < -0.3 is 14.4 Å². The number of amides is 1. The van der Waals surface area contributed by atoms with Gasteiger partial charge in [-0.05, 0) is 42.9 Å². The average Bonchev–Trinajstić information content (AvgIpc) is 3.01. The molecule has 2 aromatic rings. The van der Waals surface area contributed by atoms with Gasteiger partial charge in [0, 0.05) is 13.1 Å². The van der Waals surface area contributed by atoms with Crippen LogP contribution in [0, 0.1) is 6.92 Å². The summed E-state index contributed by atoms with van der Waals surface area (Å²) in [4.78, 5) is 14.3. The van der Waals surface area contributed by atoms with Gasteiger partial charge in [-0.2, -0.15) is 0 Å². The molecule has 22 heavy (non-hydrogen) atoms. The highest BCUT2D eigenvalue weighted by molar-refractivity contribution is 5.94. The number of hydrogen-bond acceptors (Lipinski definition) is 3. The van der Waals surface area contributed by atoms with Gasteiger partial charge in [-0.25, -0.2) is 0 Å². The van der Waals surface area contributed by atoms with Gasteiger partial charge in [0.15, 0.2) is 0 Å². The molecule has 0 atom stereocenters. The van der Waals surface area contributed by atoms with Crippen molar-refractivity contribution in [3.8, 4) is 0 Å². The minimum Gasteiger partial charge on any atom is -0.469 e. The summed E-state index contributed by atoms with van der Waals surface area (Å²) >= 11 is 0. The Morgan fingerprint density at radius 2 is 2.05 bits per heavy atom. The van der Waals surface area contributed by atoms with Crippen LogP contribution in [0.2, 0.25) is 0 Å². The number of carbonyl (C=O) groups is 1. The van der Waals surface area contributed by atoms with E-state index in [-0.39, 0.29) is 12.5 Å². The lowest BCUT2D eigenvalue weighted by Crippen LogP contribution is -2.37. The number of aliphatic hydroxyl groups is 1. The first-order valence-electron chi connectivity index (χ1n) is 7.72. The van der Waals surface area contributed by atoms with Crippen LogP contribution in [0.1, 0.15) is 46.0 Å². The van der Waals surface area contributed by atoms with Gasteiger partial charge >= 0.3 is 0 Å². The molecule has 0 spiro atoms. The average molecular weight is 299 g/mol. The van der Waals surface area contributed by atoms with Gasteiger partial charge in [-0.3, -0.25) is 4.79 Å². The molecule has 1 fully saturated rings. The Kier molecular flexibility index (Phi) is 4.29.